The number of hydrogen-bond acceptors (Lipinski definition) is 4. The van der Waals surface area contributed by atoms with Crippen LogP contribution in [0.3, 0.4) is 0 Å². The second-order valence-electron chi connectivity index (χ2n) is 4.67. The van der Waals surface area contributed by atoms with Crippen LogP contribution in [0.15, 0.2) is 18.3 Å². The molecule has 1 aromatic heterocycles. The molecule has 0 atom stereocenters. The van der Waals surface area contributed by atoms with E-state index in [0.29, 0.717) is 18.3 Å². The molecular formula is C13H22N4O. The first kappa shape index (κ1) is 14.4. The summed E-state index contributed by atoms with van der Waals surface area (Å²) in [4.78, 5) is 19.7. The van der Waals surface area contributed by atoms with Gasteiger partial charge in [0.05, 0.1) is 0 Å². The van der Waals surface area contributed by atoms with Gasteiger partial charge >= 0.3 is 0 Å². The SMILES string of the molecule is CC(C)N(CCN)c1ccnc(C(=O)N(C)C)c1. The van der Waals surface area contributed by atoms with Gasteiger partial charge in [-0.05, 0) is 26.0 Å². The van der Waals surface area contributed by atoms with E-state index < -0.39 is 0 Å². The summed E-state index contributed by atoms with van der Waals surface area (Å²) < 4.78 is 0. The van der Waals surface area contributed by atoms with E-state index in [4.69, 9.17) is 5.73 Å². The highest BCUT2D eigenvalue weighted by Gasteiger charge is 2.14. The Hall–Kier alpha value is -1.62. The first-order chi connectivity index (χ1) is 8.47. The molecule has 1 amide bonds. The van der Waals surface area contributed by atoms with Gasteiger partial charge in [-0.3, -0.25) is 9.78 Å². The van der Waals surface area contributed by atoms with Gasteiger partial charge in [-0.2, -0.15) is 0 Å². The molecule has 1 aromatic rings. The molecule has 1 heterocycles. The van der Waals surface area contributed by atoms with E-state index in [-0.39, 0.29) is 5.91 Å². The quantitative estimate of drug-likeness (QED) is 0.845. The third kappa shape index (κ3) is 3.43. The number of pyridine rings is 1. The lowest BCUT2D eigenvalue weighted by molar-refractivity contribution is 0.0822. The summed E-state index contributed by atoms with van der Waals surface area (Å²) in [5.41, 5.74) is 7.06. The Balaban J connectivity index is 3.02. The number of rotatable bonds is 5. The predicted octanol–water partition coefficient (Wildman–Crippen LogP) is 0.957. The minimum Gasteiger partial charge on any atom is -0.368 e. The Morgan fingerprint density at radius 1 is 1.44 bits per heavy atom. The Labute approximate surface area is 109 Å². The second kappa shape index (κ2) is 6.35. The zero-order valence-corrected chi connectivity index (χ0v) is 11.6. The molecule has 5 heteroatoms. The van der Waals surface area contributed by atoms with Gasteiger partial charge in [-0.15, -0.1) is 0 Å². The number of hydrogen-bond donors (Lipinski definition) is 1. The van der Waals surface area contributed by atoms with Crippen LogP contribution in [-0.2, 0) is 0 Å². The van der Waals surface area contributed by atoms with Crippen molar-refractivity contribution in [3.05, 3.63) is 24.0 Å². The minimum absolute atomic E-state index is 0.0895. The van der Waals surface area contributed by atoms with Crippen molar-refractivity contribution in [3.8, 4) is 0 Å². The molecule has 0 saturated carbocycles. The highest BCUT2D eigenvalue weighted by atomic mass is 16.2. The molecule has 0 fully saturated rings. The summed E-state index contributed by atoms with van der Waals surface area (Å²) in [6, 6.07) is 4.05. The molecule has 100 valence electrons. The van der Waals surface area contributed by atoms with Crippen LogP contribution in [-0.4, -0.2) is 49.0 Å². The van der Waals surface area contributed by atoms with Crippen LogP contribution in [0.5, 0.6) is 0 Å². The van der Waals surface area contributed by atoms with Gasteiger partial charge in [0.1, 0.15) is 5.69 Å². The van der Waals surface area contributed by atoms with Crippen molar-refractivity contribution in [2.24, 2.45) is 5.73 Å². The molecule has 5 nitrogen and oxygen atoms in total. The van der Waals surface area contributed by atoms with E-state index in [0.717, 1.165) is 12.2 Å². The lowest BCUT2D eigenvalue weighted by Gasteiger charge is -2.28. The highest BCUT2D eigenvalue weighted by Crippen LogP contribution is 2.17. The van der Waals surface area contributed by atoms with Gasteiger partial charge in [0.25, 0.3) is 5.91 Å². The van der Waals surface area contributed by atoms with Crippen LogP contribution >= 0.6 is 0 Å². The van der Waals surface area contributed by atoms with Crippen molar-refractivity contribution in [1.29, 1.82) is 0 Å². The fourth-order valence-electron chi connectivity index (χ4n) is 1.77. The lowest BCUT2D eigenvalue weighted by atomic mass is 10.2. The maximum Gasteiger partial charge on any atom is 0.272 e. The summed E-state index contributed by atoms with van der Waals surface area (Å²) in [5, 5.41) is 0. The smallest absolute Gasteiger partial charge is 0.272 e. The van der Waals surface area contributed by atoms with E-state index in [2.05, 4.69) is 23.7 Å². The molecule has 0 spiro atoms. The van der Waals surface area contributed by atoms with Crippen LogP contribution in [0.1, 0.15) is 24.3 Å². The largest absolute Gasteiger partial charge is 0.368 e. The molecule has 0 saturated heterocycles. The van der Waals surface area contributed by atoms with E-state index in [1.165, 1.54) is 4.90 Å². The average Bonchev–Trinajstić information content (AvgIpc) is 2.34. The molecule has 0 aliphatic rings. The zero-order valence-electron chi connectivity index (χ0n) is 11.6. The standard InChI is InChI=1S/C13H22N4O/c1-10(2)17(8-6-14)11-5-7-15-12(9-11)13(18)16(3)4/h5,7,9-10H,6,8,14H2,1-4H3. The van der Waals surface area contributed by atoms with Crippen molar-refractivity contribution >= 4 is 11.6 Å². The topological polar surface area (TPSA) is 62.5 Å². The third-order valence-electron chi connectivity index (χ3n) is 2.69. The molecule has 0 aliphatic carbocycles. The Bertz CT molecular complexity index is 404. The first-order valence-electron chi connectivity index (χ1n) is 6.11. The summed E-state index contributed by atoms with van der Waals surface area (Å²) in [5.74, 6) is -0.0895. The van der Waals surface area contributed by atoms with Crippen LogP contribution < -0.4 is 10.6 Å². The fourth-order valence-corrected chi connectivity index (χ4v) is 1.77. The van der Waals surface area contributed by atoms with Crippen molar-refractivity contribution < 1.29 is 4.79 Å². The second-order valence-corrected chi connectivity index (χ2v) is 4.67. The number of nitrogens with two attached hydrogens (primary N) is 1. The lowest BCUT2D eigenvalue weighted by Crippen LogP contribution is -2.35. The Kier molecular flexibility index (Phi) is 5.09. The summed E-state index contributed by atoms with van der Waals surface area (Å²) in [6.45, 7) is 5.54. The normalized spacial score (nSPS) is 10.6. The monoisotopic (exact) mass is 250 g/mol. The van der Waals surface area contributed by atoms with E-state index >= 15 is 0 Å². The third-order valence-corrected chi connectivity index (χ3v) is 2.69. The molecule has 0 bridgehead atoms. The Morgan fingerprint density at radius 2 is 2.11 bits per heavy atom. The number of carbonyl (C=O) groups is 1. The van der Waals surface area contributed by atoms with Gasteiger partial charge in [0, 0.05) is 45.1 Å². The van der Waals surface area contributed by atoms with Gasteiger partial charge in [0.15, 0.2) is 0 Å². The van der Waals surface area contributed by atoms with Crippen LogP contribution in [0.25, 0.3) is 0 Å². The maximum atomic E-state index is 11.9. The van der Waals surface area contributed by atoms with Crippen molar-refractivity contribution in [2.75, 3.05) is 32.1 Å². The molecule has 0 unspecified atom stereocenters. The van der Waals surface area contributed by atoms with Crippen molar-refractivity contribution in [1.82, 2.24) is 9.88 Å². The van der Waals surface area contributed by atoms with Crippen molar-refractivity contribution in [2.45, 2.75) is 19.9 Å². The molecule has 0 radical (unpaired) electrons. The summed E-state index contributed by atoms with van der Waals surface area (Å²) in [6.07, 6.45) is 1.66. The van der Waals surface area contributed by atoms with Gasteiger partial charge in [0.2, 0.25) is 0 Å². The predicted molar refractivity (Wildman–Crippen MR) is 73.8 cm³/mol. The Morgan fingerprint density at radius 3 is 2.61 bits per heavy atom. The van der Waals surface area contributed by atoms with Gasteiger partial charge in [-0.25, -0.2) is 0 Å². The van der Waals surface area contributed by atoms with E-state index in [9.17, 15) is 4.79 Å². The zero-order chi connectivity index (χ0) is 13.7. The molecule has 2 N–H and O–H groups in total. The van der Waals surface area contributed by atoms with Crippen molar-refractivity contribution in [3.63, 3.8) is 0 Å². The summed E-state index contributed by atoms with van der Waals surface area (Å²) in [7, 11) is 3.44. The van der Waals surface area contributed by atoms with Gasteiger partial charge in [-0.1, -0.05) is 0 Å². The van der Waals surface area contributed by atoms with Crippen LogP contribution in [0, 0.1) is 0 Å². The van der Waals surface area contributed by atoms with Crippen LogP contribution in [0.4, 0.5) is 5.69 Å². The van der Waals surface area contributed by atoms with Gasteiger partial charge < -0.3 is 15.5 Å². The van der Waals surface area contributed by atoms with Crippen LogP contribution in [0.2, 0.25) is 0 Å². The average molecular weight is 250 g/mol. The van der Waals surface area contributed by atoms with E-state index in [1.807, 2.05) is 12.1 Å². The number of anilines is 1. The first-order valence-corrected chi connectivity index (χ1v) is 6.11. The number of nitrogens with zero attached hydrogens (tertiary/aromatic N) is 3. The summed E-state index contributed by atoms with van der Waals surface area (Å²) >= 11 is 0. The molecule has 1 rings (SSSR count). The molecule has 0 aromatic carbocycles. The molecular weight excluding hydrogens is 228 g/mol. The number of aromatic nitrogens is 1. The molecule has 18 heavy (non-hydrogen) atoms. The fraction of sp³-hybridized carbons (Fsp3) is 0.538. The highest BCUT2D eigenvalue weighted by molar-refractivity contribution is 5.92. The maximum absolute atomic E-state index is 11.9. The molecule has 0 aliphatic heterocycles. The number of amides is 1. The number of carbonyl (C=O) groups excluding carboxylic acids is 1. The van der Waals surface area contributed by atoms with E-state index in [1.54, 1.807) is 20.3 Å². The minimum atomic E-state index is -0.0895.